The zero-order chi connectivity index (χ0) is 11.4. The molecule has 0 heterocycles. The Kier molecular flexibility index (Phi) is 11.9. The molecule has 0 aromatic heterocycles. The molecule has 2 heteroatoms. The quantitative estimate of drug-likeness (QED) is 0.536. The molecule has 0 saturated heterocycles. The number of unbranched alkanes of at least 4 members (excludes halogenated alkanes) is 2. The minimum atomic E-state index is 0.745. The molecule has 0 aromatic carbocycles. The molecule has 0 radical (unpaired) electrons. The first-order valence-corrected chi connectivity index (χ1v) is 6.59. The molecule has 0 amide bonds. The van der Waals surface area contributed by atoms with E-state index in [4.69, 9.17) is 10.5 Å². The van der Waals surface area contributed by atoms with Gasteiger partial charge in [-0.1, -0.05) is 46.0 Å². The molecule has 2 nitrogen and oxygen atoms in total. The molecule has 0 spiro atoms. The van der Waals surface area contributed by atoms with Gasteiger partial charge in [-0.15, -0.1) is 0 Å². The lowest BCUT2D eigenvalue weighted by atomic mass is 9.99. The van der Waals surface area contributed by atoms with Gasteiger partial charge >= 0.3 is 0 Å². The highest BCUT2D eigenvalue weighted by molar-refractivity contribution is 4.52. The summed E-state index contributed by atoms with van der Waals surface area (Å²) in [7, 11) is 0. The summed E-state index contributed by atoms with van der Waals surface area (Å²) < 4.78 is 5.45. The lowest BCUT2D eigenvalue weighted by Crippen LogP contribution is -2.05. The predicted octanol–water partition coefficient (Wildman–Crippen LogP) is 3.35. The van der Waals surface area contributed by atoms with E-state index in [0.29, 0.717) is 0 Å². The lowest BCUT2D eigenvalue weighted by molar-refractivity contribution is 0.128. The lowest BCUT2D eigenvalue weighted by Gasteiger charge is -2.09. The molecule has 0 saturated carbocycles. The van der Waals surface area contributed by atoms with Crippen LogP contribution in [-0.4, -0.2) is 19.8 Å². The molecule has 0 aliphatic heterocycles. The number of hydrogen-bond donors (Lipinski definition) is 1. The molecule has 2 N–H and O–H groups in total. The molecule has 0 aromatic rings. The minimum absolute atomic E-state index is 0.745. The van der Waals surface area contributed by atoms with Crippen molar-refractivity contribution in [3.05, 3.63) is 0 Å². The number of nitrogens with two attached hydrogens (primary N) is 1. The Hall–Kier alpha value is -0.0800. The molecule has 15 heavy (non-hydrogen) atoms. The Labute approximate surface area is 95.6 Å². The van der Waals surface area contributed by atoms with E-state index in [-0.39, 0.29) is 0 Å². The van der Waals surface area contributed by atoms with Crippen LogP contribution in [0.25, 0.3) is 0 Å². The summed E-state index contributed by atoms with van der Waals surface area (Å²) in [6, 6.07) is 0. The van der Waals surface area contributed by atoms with Crippen LogP contribution in [0.15, 0.2) is 0 Å². The maximum absolute atomic E-state index is 5.45. The highest BCUT2D eigenvalue weighted by atomic mass is 16.5. The van der Waals surface area contributed by atoms with Crippen LogP contribution in [0.4, 0.5) is 0 Å². The van der Waals surface area contributed by atoms with Crippen molar-refractivity contribution in [2.45, 2.75) is 58.8 Å². The average Bonchev–Trinajstić information content (AvgIpc) is 2.22. The summed E-state index contributed by atoms with van der Waals surface area (Å²) in [5.74, 6) is 0.910. The van der Waals surface area contributed by atoms with Crippen LogP contribution in [-0.2, 0) is 4.74 Å². The SMILES string of the molecule is CCCC(C)CCCCCOCCCN. The standard InChI is InChI=1S/C13H29NO/c1-3-8-13(2)9-5-4-6-11-15-12-7-10-14/h13H,3-12,14H2,1-2H3. The van der Waals surface area contributed by atoms with Gasteiger partial charge in [0, 0.05) is 13.2 Å². The van der Waals surface area contributed by atoms with Crippen molar-refractivity contribution >= 4 is 0 Å². The van der Waals surface area contributed by atoms with Crippen LogP contribution in [0, 0.1) is 5.92 Å². The maximum atomic E-state index is 5.45. The first kappa shape index (κ1) is 14.9. The molecular weight excluding hydrogens is 186 g/mol. The van der Waals surface area contributed by atoms with Gasteiger partial charge in [0.05, 0.1) is 0 Å². The largest absolute Gasteiger partial charge is 0.381 e. The monoisotopic (exact) mass is 215 g/mol. The van der Waals surface area contributed by atoms with E-state index in [1.165, 1.54) is 38.5 Å². The van der Waals surface area contributed by atoms with Crippen molar-refractivity contribution in [3.8, 4) is 0 Å². The van der Waals surface area contributed by atoms with Crippen molar-refractivity contribution in [3.63, 3.8) is 0 Å². The summed E-state index contributed by atoms with van der Waals surface area (Å²) in [5, 5.41) is 0. The third kappa shape index (κ3) is 11.8. The predicted molar refractivity (Wildman–Crippen MR) is 67.0 cm³/mol. The van der Waals surface area contributed by atoms with E-state index in [1.807, 2.05) is 0 Å². The van der Waals surface area contributed by atoms with Crippen LogP contribution in [0.2, 0.25) is 0 Å². The van der Waals surface area contributed by atoms with Gasteiger partial charge in [0.1, 0.15) is 0 Å². The average molecular weight is 215 g/mol. The first-order chi connectivity index (χ1) is 7.31. The first-order valence-electron chi connectivity index (χ1n) is 6.59. The molecule has 0 bridgehead atoms. The second kappa shape index (κ2) is 12.0. The van der Waals surface area contributed by atoms with E-state index >= 15 is 0 Å². The van der Waals surface area contributed by atoms with E-state index < -0.39 is 0 Å². The van der Waals surface area contributed by atoms with Crippen LogP contribution in [0.5, 0.6) is 0 Å². The Morgan fingerprint density at radius 1 is 1.00 bits per heavy atom. The third-order valence-corrected chi connectivity index (χ3v) is 2.76. The van der Waals surface area contributed by atoms with Gasteiger partial charge in [0.2, 0.25) is 0 Å². The van der Waals surface area contributed by atoms with Crippen molar-refractivity contribution in [1.82, 2.24) is 0 Å². The van der Waals surface area contributed by atoms with Crippen LogP contribution in [0.3, 0.4) is 0 Å². The van der Waals surface area contributed by atoms with Gasteiger partial charge in [-0.05, 0) is 25.3 Å². The van der Waals surface area contributed by atoms with Crippen LogP contribution < -0.4 is 5.73 Å². The molecule has 0 aliphatic rings. The van der Waals surface area contributed by atoms with Gasteiger partial charge in [-0.3, -0.25) is 0 Å². The molecule has 0 rings (SSSR count). The summed E-state index contributed by atoms with van der Waals surface area (Å²) in [4.78, 5) is 0. The summed E-state index contributed by atoms with van der Waals surface area (Å²) in [6.07, 6.45) is 8.97. The van der Waals surface area contributed by atoms with Crippen LogP contribution >= 0.6 is 0 Å². The smallest absolute Gasteiger partial charge is 0.0478 e. The molecular formula is C13H29NO. The molecule has 1 unspecified atom stereocenters. The molecule has 0 fully saturated rings. The topological polar surface area (TPSA) is 35.2 Å². The van der Waals surface area contributed by atoms with Crippen molar-refractivity contribution in [1.29, 1.82) is 0 Å². The third-order valence-electron chi connectivity index (χ3n) is 2.76. The van der Waals surface area contributed by atoms with Gasteiger partial charge in [-0.25, -0.2) is 0 Å². The Bertz CT molecular complexity index is 117. The van der Waals surface area contributed by atoms with Gasteiger partial charge in [0.25, 0.3) is 0 Å². The fourth-order valence-corrected chi connectivity index (χ4v) is 1.80. The summed E-state index contributed by atoms with van der Waals surface area (Å²) >= 11 is 0. The molecule has 1 atom stereocenters. The Morgan fingerprint density at radius 2 is 1.73 bits per heavy atom. The van der Waals surface area contributed by atoms with E-state index in [9.17, 15) is 0 Å². The molecule has 0 aliphatic carbocycles. The van der Waals surface area contributed by atoms with Crippen LogP contribution in [0.1, 0.15) is 58.8 Å². The van der Waals surface area contributed by atoms with Gasteiger partial charge < -0.3 is 10.5 Å². The van der Waals surface area contributed by atoms with E-state index in [2.05, 4.69) is 13.8 Å². The van der Waals surface area contributed by atoms with E-state index in [1.54, 1.807) is 0 Å². The van der Waals surface area contributed by atoms with Crippen molar-refractivity contribution < 1.29 is 4.74 Å². The number of hydrogen-bond acceptors (Lipinski definition) is 2. The minimum Gasteiger partial charge on any atom is -0.381 e. The summed E-state index contributed by atoms with van der Waals surface area (Å²) in [5.41, 5.74) is 5.37. The number of rotatable bonds is 11. The zero-order valence-electron chi connectivity index (χ0n) is 10.6. The van der Waals surface area contributed by atoms with Crippen molar-refractivity contribution in [2.75, 3.05) is 19.8 Å². The van der Waals surface area contributed by atoms with E-state index in [0.717, 1.165) is 32.1 Å². The highest BCUT2D eigenvalue weighted by Gasteiger charge is 1.99. The highest BCUT2D eigenvalue weighted by Crippen LogP contribution is 2.14. The zero-order valence-corrected chi connectivity index (χ0v) is 10.6. The second-order valence-electron chi connectivity index (χ2n) is 4.50. The Balaban J connectivity index is 2.98. The fraction of sp³-hybridized carbons (Fsp3) is 1.00. The van der Waals surface area contributed by atoms with Gasteiger partial charge in [-0.2, -0.15) is 0 Å². The van der Waals surface area contributed by atoms with Crippen molar-refractivity contribution in [2.24, 2.45) is 11.7 Å². The molecule has 92 valence electrons. The van der Waals surface area contributed by atoms with Gasteiger partial charge in [0.15, 0.2) is 0 Å². The summed E-state index contributed by atoms with van der Waals surface area (Å²) in [6.45, 7) is 7.13. The Morgan fingerprint density at radius 3 is 2.40 bits per heavy atom. The normalized spacial score (nSPS) is 13.0. The maximum Gasteiger partial charge on any atom is 0.0478 e. The second-order valence-corrected chi connectivity index (χ2v) is 4.50. The number of ether oxygens (including phenoxy) is 1. The fourth-order valence-electron chi connectivity index (χ4n) is 1.80.